The monoisotopic (exact) mass is 286 g/mol. The summed E-state index contributed by atoms with van der Waals surface area (Å²) in [4.78, 5) is 9.63. The number of nitro groups is 1. The summed E-state index contributed by atoms with van der Waals surface area (Å²) < 4.78 is 27.2. The molecule has 100 valence electrons. The number of rotatable bonds is 4. The van der Waals surface area contributed by atoms with Crippen LogP contribution in [0.2, 0.25) is 0 Å². The lowest BCUT2D eigenvalue weighted by Crippen LogP contribution is -2.01. The number of nitro benzene ring substituents is 1. The highest BCUT2D eigenvalue weighted by Gasteiger charge is 2.23. The zero-order valence-electron chi connectivity index (χ0n) is 9.47. The van der Waals surface area contributed by atoms with E-state index in [4.69, 9.17) is 5.73 Å². The molecule has 0 unspecified atom stereocenters. The van der Waals surface area contributed by atoms with E-state index < -0.39 is 22.2 Å². The van der Waals surface area contributed by atoms with Gasteiger partial charge in [0.2, 0.25) is 5.82 Å². The van der Waals surface area contributed by atoms with Gasteiger partial charge in [-0.1, -0.05) is 11.3 Å². The maximum absolute atomic E-state index is 13.9. The van der Waals surface area contributed by atoms with Gasteiger partial charge in [0, 0.05) is 6.42 Å². The zero-order chi connectivity index (χ0) is 14.0. The lowest BCUT2D eigenvalue weighted by molar-refractivity contribution is -0.387. The van der Waals surface area contributed by atoms with E-state index in [2.05, 4.69) is 10.2 Å². The molecule has 0 aliphatic rings. The van der Waals surface area contributed by atoms with E-state index in [1.807, 2.05) is 0 Å². The molecular formula is C10H8F2N4O2S. The van der Waals surface area contributed by atoms with Crippen LogP contribution in [-0.4, -0.2) is 21.7 Å². The number of hydrogen-bond acceptors (Lipinski definition) is 6. The molecule has 2 rings (SSSR count). The van der Waals surface area contributed by atoms with Gasteiger partial charge >= 0.3 is 5.69 Å². The minimum Gasteiger partial charge on any atom is -0.330 e. The van der Waals surface area contributed by atoms with Gasteiger partial charge in [-0.25, -0.2) is 4.39 Å². The van der Waals surface area contributed by atoms with Crippen molar-refractivity contribution in [2.24, 2.45) is 5.73 Å². The van der Waals surface area contributed by atoms with Crippen LogP contribution in [0.5, 0.6) is 0 Å². The normalized spacial score (nSPS) is 10.7. The first-order valence-electron chi connectivity index (χ1n) is 5.19. The average Bonchev–Trinajstić information content (AvgIpc) is 2.80. The van der Waals surface area contributed by atoms with E-state index in [1.54, 1.807) is 0 Å². The first kappa shape index (κ1) is 13.4. The van der Waals surface area contributed by atoms with Gasteiger partial charge in [0.25, 0.3) is 0 Å². The Kier molecular flexibility index (Phi) is 3.76. The van der Waals surface area contributed by atoms with Crippen LogP contribution in [-0.2, 0) is 6.42 Å². The molecule has 0 atom stereocenters. The first-order valence-corrected chi connectivity index (χ1v) is 6.01. The molecule has 2 aromatic rings. The Morgan fingerprint density at radius 2 is 2.11 bits per heavy atom. The topological polar surface area (TPSA) is 94.9 Å². The molecule has 0 radical (unpaired) electrons. The third-order valence-electron chi connectivity index (χ3n) is 2.27. The third-order valence-corrected chi connectivity index (χ3v) is 3.29. The molecule has 19 heavy (non-hydrogen) atoms. The standard InChI is InChI=1S/C10H8F2N4O2S/c11-5-3-6(9(12)7(4-5)16(17)18)10-15-14-8(19-10)1-2-13/h3-4H,1-2,13H2. The molecule has 0 spiro atoms. The van der Waals surface area contributed by atoms with Crippen LogP contribution < -0.4 is 5.73 Å². The second-order valence-electron chi connectivity index (χ2n) is 3.58. The van der Waals surface area contributed by atoms with Crippen molar-refractivity contribution in [3.8, 4) is 10.6 Å². The highest BCUT2D eigenvalue weighted by Crippen LogP contribution is 2.32. The van der Waals surface area contributed by atoms with E-state index >= 15 is 0 Å². The summed E-state index contributed by atoms with van der Waals surface area (Å²) in [7, 11) is 0. The lowest BCUT2D eigenvalue weighted by atomic mass is 10.2. The molecule has 0 amide bonds. The Labute approximate surface area is 110 Å². The predicted molar refractivity (Wildman–Crippen MR) is 64.7 cm³/mol. The van der Waals surface area contributed by atoms with Crippen LogP contribution in [0.1, 0.15) is 5.01 Å². The molecule has 0 bridgehead atoms. The molecule has 0 saturated carbocycles. The second kappa shape index (κ2) is 5.33. The van der Waals surface area contributed by atoms with Gasteiger partial charge in [-0.2, -0.15) is 4.39 Å². The molecule has 0 fully saturated rings. The van der Waals surface area contributed by atoms with Crippen LogP contribution in [0.25, 0.3) is 10.6 Å². The Morgan fingerprint density at radius 3 is 2.74 bits per heavy atom. The second-order valence-corrected chi connectivity index (χ2v) is 4.65. The van der Waals surface area contributed by atoms with Gasteiger partial charge in [0.15, 0.2) is 5.01 Å². The van der Waals surface area contributed by atoms with Gasteiger partial charge in [-0.15, -0.1) is 10.2 Å². The van der Waals surface area contributed by atoms with Crippen molar-refractivity contribution in [1.29, 1.82) is 0 Å². The minimum absolute atomic E-state index is 0.0866. The summed E-state index contributed by atoms with van der Waals surface area (Å²) in [6, 6.07) is 1.38. The Hall–Kier alpha value is -2.00. The Balaban J connectivity index is 2.51. The van der Waals surface area contributed by atoms with Crippen molar-refractivity contribution in [2.45, 2.75) is 6.42 Å². The molecule has 1 aromatic carbocycles. The van der Waals surface area contributed by atoms with Gasteiger partial charge in [0.1, 0.15) is 10.8 Å². The summed E-state index contributed by atoms with van der Waals surface area (Å²) in [5, 5.41) is 18.7. The van der Waals surface area contributed by atoms with Crippen molar-refractivity contribution in [3.05, 3.63) is 38.9 Å². The fraction of sp³-hybridized carbons (Fsp3) is 0.200. The van der Waals surface area contributed by atoms with Crippen LogP contribution in [0.4, 0.5) is 14.5 Å². The van der Waals surface area contributed by atoms with Crippen molar-refractivity contribution < 1.29 is 13.7 Å². The number of hydrogen-bond donors (Lipinski definition) is 1. The number of benzene rings is 1. The zero-order valence-corrected chi connectivity index (χ0v) is 10.3. The molecule has 0 aliphatic carbocycles. The van der Waals surface area contributed by atoms with E-state index in [0.717, 1.165) is 17.4 Å². The fourth-order valence-electron chi connectivity index (χ4n) is 1.45. The van der Waals surface area contributed by atoms with Crippen molar-refractivity contribution in [1.82, 2.24) is 10.2 Å². The van der Waals surface area contributed by atoms with Crippen LogP contribution >= 0.6 is 11.3 Å². The van der Waals surface area contributed by atoms with E-state index in [1.165, 1.54) is 0 Å². The first-order chi connectivity index (χ1) is 9.02. The fourth-order valence-corrected chi connectivity index (χ4v) is 2.32. The lowest BCUT2D eigenvalue weighted by Gasteiger charge is -2.00. The largest absolute Gasteiger partial charge is 0.330 e. The molecule has 1 heterocycles. The highest BCUT2D eigenvalue weighted by atomic mass is 32.1. The van der Waals surface area contributed by atoms with Gasteiger partial charge in [-0.3, -0.25) is 10.1 Å². The summed E-state index contributed by atoms with van der Waals surface area (Å²) in [6.07, 6.45) is 0.455. The van der Waals surface area contributed by atoms with Crippen LogP contribution in [0, 0.1) is 21.7 Å². The summed E-state index contributed by atoms with van der Waals surface area (Å²) in [5.74, 6) is -2.03. The third kappa shape index (κ3) is 2.71. The molecular weight excluding hydrogens is 278 g/mol. The highest BCUT2D eigenvalue weighted by molar-refractivity contribution is 7.14. The Morgan fingerprint density at radius 1 is 1.37 bits per heavy atom. The molecule has 2 N–H and O–H groups in total. The molecule has 1 aromatic heterocycles. The summed E-state index contributed by atoms with van der Waals surface area (Å²) in [5.41, 5.74) is 4.15. The van der Waals surface area contributed by atoms with Crippen LogP contribution in [0.3, 0.4) is 0 Å². The predicted octanol–water partition coefficient (Wildman–Crippen LogP) is 1.89. The van der Waals surface area contributed by atoms with Crippen molar-refractivity contribution in [3.63, 3.8) is 0 Å². The van der Waals surface area contributed by atoms with Crippen LogP contribution in [0.15, 0.2) is 12.1 Å². The van der Waals surface area contributed by atoms with Crippen molar-refractivity contribution in [2.75, 3.05) is 6.54 Å². The van der Waals surface area contributed by atoms with E-state index in [9.17, 15) is 18.9 Å². The SMILES string of the molecule is NCCc1nnc(-c2cc(F)cc([N+](=O)[O-])c2F)s1. The number of aromatic nitrogens is 2. The summed E-state index contributed by atoms with van der Waals surface area (Å²) in [6.45, 7) is 0.348. The quantitative estimate of drug-likeness (QED) is 0.684. The molecule has 0 aliphatic heterocycles. The van der Waals surface area contributed by atoms with Gasteiger partial charge in [0.05, 0.1) is 16.6 Å². The van der Waals surface area contributed by atoms with E-state index in [-0.39, 0.29) is 10.6 Å². The van der Waals surface area contributed by atoms with Gasteiger partial charge in [-0.05, 0) is 12.6 Å². The minimum atomic E-state index is -1.12. The number of nitrogens with two attached hydrogens (primary N) is 1. The smallest absolute Gasteiger partial charge is 0.308 e. The molecule has 0 saturated heterocycles. The number of nitrogens with zero attached hydrogens (tertiary/aromatic N) is 3. The van der Waals surface area contributed by atoms with Gasteiger partial charge < -0.3 is 5.73 Å². The average molecular weight is 286 g/mol. The van der Waals surface area contributed by atoms with E-state index in [0.29, 0.717) is 24.0 Å². The maximum atomic E-state index is 13.9. The summed E-state index contributed by atoms with van der Waals surface area (Å²) >= 11 is 1.02. The van der Waals surface area contributed by atoms with Crippen molar-refractivity contribution >= 4 is 17.0 Å². The molecule has 9 heteroatoms. The number of halogens is 2. The molecule has 6 nitrogen and oxygen atoms in total. The maximum Gasteiger partial charge on any atom is 0.308 e. The Bertz CT molecular complexity index is 632.